The first-order valence-electron chi connectivity index (χ1n) is 11.8. The molecule has 0 aliphatic carbocycles. The van der Waals surface area contributed by atoms with Crippen molar-refractivity contribution < 1.29 is 19.4 Å². The quantitative estimate of drug-likeness (QED) is 0.385. The van der Waals surface area contributed by atoms with E-state index in [9.17, 15) is 9.90 Å². The van der Waals surface area contributed by atoms with E-state index in [2.05, 4.69) is 15.2 Å². The van der Waals surface area contributed by atoms with E-state index in [1.807, 2.05) is 63.2 Å². The summed E-state index contributed by atoms with van der Waals surface area (Å²) in [5, 5.41) is 18.4. The minimum absolute atomic E-state index is 0.149. The predicted molar refractivity (Wildman–Crippen MR) is 135 cm³/mol. The summed E-state index contributed by atoms with van der Waals surface area (Å²) in [4.78, 5) is 19.7. The third kappa shape index (κ3) is 3.94. The molecule has 1 unspecified atom stereocenters. The Bertz CT molecular complexity index is 1430. The molecule has 0 fully saturated rings. The number of benzene rings is 2. The Morgan fingerprint density at radius 3 is 2.69 bits per heavy atom. The van der Waals surface area contributed by atoms with Gasteiger partial charge >= 0.3 is 0 Å². The van der Waals surface area contributed by atoms with Crippen LogP contribution in [0, 0.1) is 13.8 Å². The number of nitrogens with one attached hydrogen (secondary N) is 1. The van der Waals surface area contributed by atoms with Gasteiger partial charge in [0.15, 0.2) is 11.5 Å². The van der Waals surface area contributed by atoms with Crippen LogP contribution in [0.1, 0.15) is 51.3 Å². The summed E-state index contributed by atoms with van der Waals surface area (Å²) in [6.45, 7) is 6.60. The molecule has 0 saturated carbocycles. The van der Waals surface area contributed by atoms with Crippen LogP contribution in [0.5, 0.6) is 17.2 Å². The highest BCUT2D eigenvalue weighted by molar-refractivity contribution is 6.00. The molecule has 1 aliphatic heterocycles. The number of ether oxygens (including phenoxy) is 2. The lowest BCUT2D eigenvalue weighted by atomic mass is 9.93. The Balaban J connectivity index is 1.70. The van der Waals surface area contributed by atoms with E-state index in [1.165, 1.54) is 0 Å². The Morgan fingerprint density at radius 2 is 1.97 bits per heavy atom. The Hall–Kier alpha value is -4.33. The summed E-state index contributed by atoms with van der Waals surface area (Å²) in [6, 6.07) is 12.8. The molecule has 0 spiro atoms. The number of phenolic OH excluding ortho intramolecular Hbond substituents is 1. The zero-order chi connectivity index (χ0) is 25.4. The van der Waals surface area contributed by atoms with Gasteiger partial charge in [-0.1, -0.05) is 18.2 Å². The van der Waals surface area contributed by atoms with Gasteiger partial charge in [-0.15, -0.1) is 0 Å². The lowest BCUT2D eigenvalue weighted by Gasteiger charge is -2.27. The molecule has 2 aromatic heterocycles. The molecule has 184 valence electrons. The van der Waals surface area contributed by atoms with Gasteiger partial charge in [-0.05, 0) is 67.3 Å². The number of methoxy groups -OCH3 is 1. The van der Waals surface area contributed by atoms with Gasteiger partial charge in [-0.3, -0.25) is 14.9 Å². The van der Waals surface area contributed by atoms with Crippen LogP contribution >= 0.6 is 0 Å². The molecule has 8 heteroatoms. The highest BCUT2D eigenvalue weighted by Crippen LogP contribution is 2.47. The van der Waals surface area contributed by atoms with Gasteiger partial charge in [0, 0.05) is 30.1 Å². The van der Waals surface area contributed by atoms with Gasteiger partial charge in [-0.2, -0.15) is 5.10 Å². The van der Waals surface area contributed by atoms with Crippen LogP contribution in [0.4, 0.5) is 0 Å². The van der Waals surface area contributed by atoms with E-state index in [4.69, 9.17) is 9.47 Å². The van der Waals surface area contributed by atoms with Crippen LogP contribution in [-0.4, -0.2) is 44.8 Å². The fraction of sp³-hybridized carbons (Fsp3) is 0.250. The molecule has 1 amide bonds. The second-order valence-corrected chi connectivity index (χ2v) is 8.88. The van der Waals surface area contributed by atoms with E-state index in [-0.39, 0.29) is 11.7 Å². The number of aromatic amines is 1. The van der Waals surface area contributed by atoms with Crippen LogP contribution in [0.3, 0.4) is 0 Å². The van der Waals surface area contributed by atoms with E-state index >= 15 is 0 Å². The maximum Gasteiger partial charge on any atom is 0.273 e. The van der Waals surface area contributed by atoms with Crippen molar-refractivity contribution in [3.05, 3.63) is 88.4 Å². The maximum absolute atomic E-state index is 13.7. The summed E-state index contributed by atoms with van der Waals surface area (Å²) in [5.41, 5.74) is 5.75. The van der Waals surface area contributed by atoms with Crippen LogP contribution in [0.25, 0.3) is 11.3 Å². The SMILES string of the molecule is CCOc1ccc(C2c3c(-c4cc(C)cc(C)c4O)n[nH]c3C(=O)N2Cc2cccnc2)cc1OC. The maximum atomic E-state index is 13.7. The van der Waals surface area contributed by atoms with E-state index < -0.39 is 6.04 Å². The van der Waals surface area contributed by atoms with Crippen molar-refractivity contribution in [1.29, 1.82) is 0 Å². The van der Waals surface area contributed by atoms with E-state index in [1.54, 1.807) is 24.4 Å². The highest BCUT2D eigenvalue weighted by atomic mass is 16.5. The van der Waals surface area contributed by atoms with Crippen molar-refractivity contribution in [3.63, 3.8) is 0 Å². The molecule has 3 heterocycles. The summed E-state index contributed by atoms with van der Waals surface area (Å²) in [6.07, 6.45) is 3.46. The summed E-state index contributed by atoms with van der Waals surface area (Å²) in [5.74, 6) is 1.19. The molecule has 1 atom stereocenters. The van der Waals surface area contributed by atoms with Gasteiger partial charge < -0.3 is 19.5 Å². The number of phenols is 1. The number of aromatic hydroxyl groups is 1. The fourth-order valence-electron chi connectivity index (χ4n) is 4.87. The molecule has 8 nitrogen and oxygen atoms in total. The number of aryl methyl sites for hydroxylation is 2. The monoisotopic (exact) mass is 484 g/mol. The molecule has 36 heavy (non-hydrogen) atoms. The molecule has 5 rings (SSSR count). The number of rotatable bonds is 7. The average molecular weight is 485 g/mol. The first kappa shape index (κ1) is 23.4. The molecular weight excluding hydrogens is 456 g/mol. The number of fused-ring (bicyclic) bond motifs is 1. The minimum atomic E-state index is -0.466. The Morgan fingerprint density at radius 1 is 1.14 bits per heavy atom. The van der Waals surface area contributed by atoms with Crippen LogP contribution < -0.4 is 9.47 Å². The molecule has 0 saturated heterocycles. The van der Waals surface area contributed by atoms with Crippen LogP contribution in [0.2, 0.25) is 0 Å². The second-order valence-electron chi connectivity index (χ2n) is 8.88. The Labute approximate surface area is 209 Å². The summed E-state index contributed by atoms with van der Waals surface area (Å²) in [7, 11) is 1.59. The first-order chi connectivity index (χ1) is 17.4. The third-order valence-electron chi connectivity index (χ3n) is 6.44. The summed E-state index contributed by atoms with van der Waals surface area (Å²) >= 11 is 0. The number of pyridine rings is 1. The molecule has 0 radical (unpaired) electrons. The molecule has 1 aliphatic rings. The summed E-state index contributed by atoms with van der Waals surface area (Å²) < 4.78 is 11.3. The molecule has 0 bridgehead atoms. The van der Waals surface area contributed by atoms with E-state index in [0.717, 1.165) is 27.8 Å². The topological polar surface area (TPSA) is 101 Å². The lowest BCUT2D eigenvalue weighted by molar-refractivity contribution is 0.0729. The van der Waals surface area contributed by atoms with Crippen LogP contribution in [0.15, 0.2) is 54.9 Å². The van der Waals surface area contributed by atoms with E-state index in [0.29, 0.717) is 41.6 Å². The van der Waals surface area contributed by atoms with Crippen molar-refractivity contribution in [1.82, 2.24) is 20.1 Å². The molecule has 2 N–H and O–H groups in total. The second kappa shape index (κ2) is 9.37. The number of carbonyl (C=O) groups excluding carboxylic acids is 1. The van der Waals surface area contributed by atoms with Crippen molar-refractivity contribution in [2.24, 2.45) is 0 Å². The van der Waals surface area contributed by atoms with Crippen molar-refractivity contribution in [2.75, 3.05) is 13.7 Å². The number of aromatic nitrogens is 3. The highest BCUT2D eigenvalue weighted by Gasteiger charge is 2.43. The average Bonchev–Trinajstić information content (AvgIpc) is 3.41. The molecule has 4 aromatic rings. The smallest absolute Gasteiger partial charge is 0.273 e. The van der Waals surface area contributed by atoms with Gasteiger partial charge in [-0.25, -0.2) is 0 Å². The zero-order valence-corrected chi connectivity index (χ0v) is 20.7. The van der Waals surface area contributed by atoms with Crippen molar-refractivity contribution in [2.45, 2.75) is 33.4 Å². The lowest BCUT2D eigenvalue weighted by Crippen LogP contribution is -2.29. The number of nitrogens with zero attached hydrogens (tertiary/aromatic N) is 3. The van der Waals surface area contributed by atoms with Gasteiger partial charge in [0.05, 0.1) is 19.8 Å². The third-order valence-corrected chi connectivity index (χ3v) is 6.44. The number of hydrogen-bond acceptors (Lipinski definition) is 6. The normalized spacial score (nSPS) is 14.7. The largest absolute Gasteiger partial charge is 0.507 e. The van der Waals surface area contributed by atoms with Crippen molar-refractivity contribution >= 4 is 5.91 Å². The molecular formula is C28H28N4O4. The fourth-order valence-corrected chi connectivity index (χ4v) is 4.87. The number of amides is 1. The van der Waals surface area contributed by atoms with Gasteiger partial charge in [0.2, 0.25) is 0 Å². The molecule has 2 aromatic carbocycles. The number of carbonyl (C=O) groups is 1. The number of H-pyrrole nitrogens is 1. The minimum Gasteiger partial charge on any atom is -0.507 e. The zero-order valence-electron chi connectivity index (χ0n) is 20.7. The van der Waals surface area contributed by atoms with Gasteiger partial charge in [0.25, 0.3) is 5.91 Å². The van der Waals surface area contributed by atoms with Crippen molar-refractivity contribution in [3.8, 4) is 28.5 Å². The first-order valence-corrected chi connectivity index (χ1v) is 11.8. The van der Waals surface area contributed by atoms with Crippen LogP contribution in [-0.2, 0) is 6.54 Å². The predicted octanol–water partition coefficient (Wildman–Crippen LogP) is 4.95. The standard InChI is InChI=1S/C28H28N4O4/c1-5-36-21-9-8-19(13-22(21)35-4)26-23-24(20-12-16(2)11-17(3)27(20)33)30-31-25(23)28(34)32(26)15-18-7-6-10-29-14-18/h6-14,26,33H,5,15H2,1-4H3,(H,30,31). The van der Waals surface area contributed by atoms with Gasteiger partial charge in [0.1, 0.15) is 17.1 Å². The number of hydrogen-bond donors (Lipinski definition) is 2. The Kier molecular flexibility index (Phi) is 6.10.